The van der Waals surface area contributed by atoms with Crippen molar-refractivity contribution >= 4 is 23.6 Å². The lowest BCUT2D eigenvalue weighted by atomic mass is 10.1. The average Bonchev–Trinajstić information content (AvgIpc) is 2.26. The highest BCUT2D eigenvalue weighted by atomic mass is 32.2. The van der Waals surface area contributed by atoms with Crippen molar-refractivity contribution in [3.8, 4) is 5.75 Å². The molecule has 74 valence electrons. The van der Waals surface area contributed by atoms with Gasteiger partial charge in [-0.25, -0.2) is 0 Å². The lowest BCUT2D eigenvalue weighted by Crippen LogP contribution is -1.86. The zero-order valence-corrected chi connectivity index (χ0v) is 9.01. The van der Waals surface area contributed by atoms with Crippen LogP contribution in [0.15, 0.2) is 29.7 Å². The minimum absolute atomic E-state index is 0.695. The smallest absolute Gasteiger partial charge is 0.151 e. The summed E-state index contributed by atoms with van der Waals surface area (Å²) in [6.45, 7) is 0. The van der Waals surface area contributed by atoms with E-state index in [0.717, 1.165) is 17.6 Å². The van der Waals surface area contributed by atoms with E-state index < -0.39 is 0 Å². The molecule has 14 heavy (non-hydrogen) atoms. The van der Waals surface area contributed by atoms with Gasteiger partial charge in [0.25, 0.3) is 0 Å². The van der Waals surface area contributed by atoms with Crippen molar-refractivity contribution < 1.29 is 9.53 Å². The number of aldehydes is 1. The topological polar surface area (TPSA) is 26.3 Å². The highest BCUT2D eigenvalue weighted by molar-refractivity contribution is 8.01. The van der Waals surface area contributed by atoms with Crippen molar-refractivity contribution in [2.45, 2.75) is 0 Å². The van der Waals surface area contributed by atoms with Crippen LogP contribution in [-0.2, 0) is 4.79 Å². The second-order valence-corrected chi connectivity index (χ2v) is 3.36. The maximum atomic E-state index is 10.7. The first-order valence-electron chi connectivity index (χ1n) is 4.14. The standard InChI is InChI=1S/C11H12O2S/c1-13-11-5-3-9(4-6-11)10(7-12)8-14-2/h3-8H,1-2H3. The third kappa shape index (κ3) is 2.64. The minimum Gasteiger partial charge on any atom is -0.497 e. The second kappa shape index (κ2) is 5.50. The molecule has 0 aliphatic rings. The Kier molecular flexibility index (Phi) is 4.26. The molecule has 3 heteroatoms. The lowest BCUT2D eigenvalue weighted by Gasteiger charge is -2.02. The van der Waals surface area contributed by atoms with Crippen LogP contribution in [0.5, 0.6) is 5.75 Å². The molecule has 0 saturated heterocycles. The molecule has 0 aromatic heterocycles. The monoisotopic (exact) mass is 208 g/mol. The van der Waals surface area contributed by atoms with Gasteiger partial charge in [0.15, 0.2) is 6.29 Å². The summed E-state index contributed by atoms with van der Waals surface area (Å²) in [7, 11) is 1.62. The molecule has 0 heterocycles. The van der Waals surface area contributed by atoms with E-state index in [1.54, 1.807) is 7.11 Å². The van der Waals surface area contributed by atoms with Gasteiger partial charge in [-0.3, -0.25) is 4.79 Å². The summed E-state index contributed by atoms with van der Waals surface area (Å²) in [6.07, 6.45) is 2.78. The van der Waals surface area contributed by atoms with E-state index in [1.807, 2.05) is 35.9 Å². The zero-order chi connectivity index (χ0) is 10.4. The normalized spacial score (nSPS) is 11.1. The predicted octanol–water partition coefficient (Wildman–Crippen LogP) is 2.60. The van der Waals surface area contributed by atoms with Gasteiger partial charge in [0.05, 0.1) is 7.11 Å². The number of allylic oxidation sites excluding steroid dienone is 1. The summed E-state index contributed by atoms with van der Waals surface area (Å²) in [6, 6.07) is 7.42. The van der Waals surface area contributed by atoms with Gasteiger partial charge in [0, 0.05) is 5.57 Å². The number of ether oxygens (including phenoxy) is 1. The Labute approximate surface area is 88.0 Å². The highest BCUT2D eigenvalue weighted by Gasteiger charge is 1.99. The summed E-state index contributed by atoms with van der Waals surface area (Å²) in [5, 5.41) is 1.83. The van der Waals surface area contributed by atoms with Gasteiger partial charge in [-0.1, -0.05) is 12.1 Å². The molecule has 0 unspecified atom stereocenters. The number of carbonyl (C=O) groups is 1. The second-order valence-electron chi connectivity index (χ2n) is 2.66. The Morgan fingerprint density at radius 3 is 2.43 bits per heavy atom. The van der Waals surface area contributed by atoms with Crippen LogP contribution in [0.25, 0.3) is 5.57 Å². The third-order valence-electron chi connectivity index (χ3n) is 1.80. The zero-order valence-electron chi connectivity index (χ0n) is 8.19. The lowest BCUT2D eigenvalue weighted by molar-refractivity contribution is -0.103. The van der Waals surface area contributed by atoms with Gasteiger partial charge in [-0.2, -0.15) is 0 Å². The van der Waals surface area contributed by atoms with Gasteiger partial charge in [0.1, 0.15) is 5.75 Å². The first-order valence-corrected chi connectivity index (χ1v) is 5.43. The largest absolute Gasteiger partial charge is 0.497 e. The fraction of sp³-hybridized carbons (Fsp3) is 0.182. The van der Waals surface area contributed by atoms with E-state index in [2.05, 4.69) is 0 Å². The molecule has 0 amide bonds. The summed E-state index contributed by atoms with van der Waals surface area (Å²) in [4.78, 5) is 10.7. The number of hydrogen-bond donors (Lipinski definition) is 0. The first kappa shape index (κ1) is 10.9. The van der Waals surface area contributed by atoms with Crippen LogP contribution < -0.4 is 4.74 Å². The van der Waals surface area contributed by atoms with E-state index in [0.29, 0.717) is 5.57 Å². The molecule has 1 rings (SSSR count). The molecule has 0 radical (unpaired) electrons. The molecule has 0 atom stereocenters. The summed E-state index contributed by atoms with van der Waals surface area (Å²) in [5.41, 5.74) is 1.61. The Hall–Kier alpha value is -1.22. The van der Waals surface area contributed by atoms with Crippen LogP contribution in [0.4, 0.5) is 0 Å². The van der Waals surface area contributed by atoms with E-state index in [4.69, 9.17) is 4.74 Å². The van der Waals surface area contributed by atoms with Gasteiger partial charge >= 0.3 is 0 Å². The number of hydrogen-bond acceptors (Lipinski definition) is 3. The van der Waals surface area contributed by atoms with Crippen LogP contribution in [0.1, 0.15) is 5.56 Å². The molecule has 0 saturated carbocycles. The first-order chi connectivity index (χ1) is 6.81. The number of thioether (sulfide) groups is 1. The Balaban J connectivity index is 2.95. The Bertz CT molecular complexity index is 328. The molecule has 0 spiro atoms. The van der Waals surface area contributed by atoms with E-state index >= 15 is 0 Å². The van der Waals surface area contributed by atoms with E-state index in [-0.39, 0.29) is 0 Å². The molecular formula is C11H12O2S. The van der Waals surface area contributed by atoms with Crippen LogP contribution >= 0.6 is 11.8 Å². The average molecular weight is 208 g/mol. The maximum Gasteiger partial charge on any atom is 0.151 e. The molecule has 0 aliphatic carbocycles. The fourth-order valence-corrected chi connectivity index (χ4v) is 1.52. The number of benzene rings is 1. The van der Waals surface area contributed by atoms with Gasteiger partial charge in [-0.15, -0.1) is 11.8 Å². The van der Waals surface area contributed by atoms with Crippen molar-refractivity contribution in [3.63, 3.8) is 0 Å². The minimum atomic E-state index is 0.695. The van der Waals surface area contributed by atoms with Crippen molar-refractivity contribution in [2.75, 3.05) is 13.4 Å². The van der Waals surface area contributed by atoms with Crippen LogP contribution in [-0.4, -0.2) is 19.7 Å². The highest BCUT2D eigenvalue weighted by Crippen LogP contribution is 2.18. The third-order valence-corrected chi connectivity index (χ3v) is 2.28. The van der Waals surface area contributed by atoms with Crippen LogP contribution in [0.3, 0.4) is 0 Å². The van der Waals surface area contributed by atoms with Crippen molar-refractivity contribution in [3.05, 3.63) is 35.2 Å². The van der Waals surface area contributed by atoms with Crippen LogP contribution in [0.2, 0.25) is 0 Å². The summed E-state index contributed by atoms with van der Waals surface area (Å²) in [5.74, 6) is 0.795. The quantitative estimate of drug-likeness (QED) is 0.562. The van der Waals surface area contributed by atoms with Gasteiger partial charge in [0.2, 0.25) is 0 Å². The van der Waals surface area contributed by atoms with E-state index in [9.17, 15) is 4.79 Å². The molecule has 2 nitrogen and oxygen atoms in total. The molecule has 0 fully saturated rings. The van der Waals surface area contributed by atoms with Gasteiger partial charge in [-0.05, 0) is 29.4 Å². The van der Waals surface area contributed by atoms with Crippen molar-refractivity contribution in [2.24, 2.45) is 0 Å². The van der Waals surface area contributed by atoms with Crippen molar-refractivity contribution in [1.82, 2.24) is 0 Å². The Morgan fingerprint density at radius 2 is 2.00 bits per heavy atom. The molecule has 0 N–H and O–H groups in total. The maximum absolute atomic E-state index is 10.7. The van der Waals surface area contributed by atoms with E-state index in [1.165, 1.54) is 11.8 Å². The predicted molar refractivity (Wildman–Crippen MR) is 60.6 cm³/mol. The fourth-order valence-electron chi connectivity index (χ4n) is 1.07. The number of methoxy groups -OCH3 is 1. The summed E-state index contributed by atoms with van der Waals surface area (Å²) < 4.78 is 5.03. The van der Waals surface area contributed by atoms with Crippen LogP contribution in [0, 0.1) is 0 Å². The molecule has 0 bridgehead atoms. The molecular weight excluding hydrogens is 196 g/mol. The SMILES string of the molecule is COc1ccc(C(C=O)=CSC)cc1. The summed E-state index contributed by atoms with van der Waals surface area (Å²) >= 11 is 1.51. The number of carbonyl (C=O) groups excluding carboxylic acids is 1. The van der Waals surface area contributed by atoms with Crippen molar-refractivity contribution in [1.29, 1.82) is 0 Å². The molecule has 0 aliphatic heterocycles. The number of rotatable bonds is 4. The Morgan fingerprint density at radius 1 is 1.36 bits per heavy atom. The molecule has 1 aromatic carbocycles. The van der Waals surface area contributed by atoms with Gasteiger partial charge < -0.3 is 4.74 Å². The molecule has 1 aromatic rings.